The smallest absolute Gasteiger partial charge is 0.254 e. The highest BCUT2D eigenvalue weighted by Crippen LogP contribution is 2.24. The minimum absolute atomic E-state index is 0.0395. The second-order valence-corrected chi connectivity index (χ2v) is 7.41. The lowest BCUT2D eigenvalue weighted by Gasteiger charge is -2.17. The maximum absolute atomic E-state index is 12.7. The number of hydrogen-bond donors (Lipinski definition) is 0. The highest BCUT2D eigenvalue weighted by Gasteiger charge is 2.16. The zero-order chi connectivity index (χ0) is 16.4. The topological polar surface area (TPSA) is 33.2 Å². The van der Waals surface area contributed by atoms with Crippen molar-refractivity contribution in [2.24, 2.45) is 0 Å². The summed E-state index contributed by atoms with van der Waals surface area (Å²) >= 11 is 3.29. The van der Waals surface area contributed by atoms with Gasteiger partial charge in [0.2, 0.25) is 0 Å². The van der Waals surface area contributed by atoms with E-state index < -0.39 is 0 Å². The normalized spacial score (nSPS) is 10.9. The molecule has 0 bridgehead atoms. The number of fused-ring (bicyclic) bond motifs is 1. The Balaban J connectivity index is 1.82. The Morgan fingerprint density at radius 2 is 2.04 bits per heavy atom. The van der Waals surface area contributed by atoms with E-state index in [1.54, 1.807) is 28.0 Å². The van der Waals surface area contributed by atoms with Crippen molar-refractivity contribution in [3.05, 3.63) is 58.6 Å². The van der Waals surface area contributed by atoms with Crippen LogP contribution in [0.25, 0.3) is 10.2 Å². The molecule has 0 N–H and O–H groups in total. The lowest BCUT2D eigenvalue weighted by atomic mass is 10.1. The third kappa shape index (κ3) is 3.41. The van der Waals surface area contributed by atoms with Crippen LogP contribution in [0, 0.1) is 6.92 Å². The number of carbonyl (C=O) groups excluding carboxylic acids is 1. The Morgan fingerprint density at radius 3 is 2.78 bits per heavy atom. The van der Waals surface area contributed by atoms with Gasteiger partial charge in [0.15, 0.2) is 0 Å². The van der Waals surface area contributed by atoms with Crippen LogP contribution in [0.1, 0.15) is 20.9 Å². The molecule has 1 aromatic heterocycles. The molecule has 3 nitrogen and oxygen atoms in total. The Hall–Kier alpha value is -1.85. The van der Waals surface area contributed by atoms with Crippen molar-refractivity contribution in [3.63, 3.8) is 0 Å². The summed E-state index contributed by atoms with van der Waals surface area (Å²) in [5.41, 5.74) is 2.76. The molecule has 0 radical (unpaired) electrons. The molecule has 0 saturated heterocycles. The standard InChI is InChI=1S/C18H18N2OS2/c1-12-8-9-13(22-3)10-14(12)18(21)20(2)11-17-19-15-6-4-5-7-16(15)23-17/h4-10H,11H2,1-3H3. The van der Waals surface area contributed by atoms with Gasteiger partial charge in [-0.1, -0.05) is 18.2 Å². The van der Waals surface area contributed by atoms with Gasteiger partial charge in [0, 0.05) is 17.5 Å². The third-order valence-electron chi connectivity index (χ3n) is 3.73. The first kappa shape index (κ1) is 16.0. The second kappa shape index (κ2) is 6.72. The lowest BCUT2D eigenvalue weighted by molar-refractivity contribution is 0.0784. The summed E-state index contributed by atoms with van der Waals surface area (Å²) < 4.78 is 1.16. The predicted octanol–water partition coefficient (Wildman–Crippen LogP) is 4.60. The summed E-state index contributed by atoms with van der Waals surface area (Å²) in [7, 11) is 1.83. The maximum atomic E-state index is 12.7. The van der Waals surface area contributed by atoms with Crippen LogP contribution in [0.15, 0.2) is 47.4 Å². The van der Waals surface area contributed by atoms with E-state index in [-0.39, 0.29) is 5.91 Å². The molecule has 3 rings (SSSR count). The number of thiazole rings is 1. The first-order valence-electron chi connectivity index (χ1n) is 7.33. The molecule has 0 saturated carbocycles. The van der Waals surface area contributed by atoms with Gasteiger partial charge in [0.05, 0.1) is 16.8 Å². The number of carbonyl (C=O) groups is 1. The van der Waals surface area contributed by atoms with Crippen LogP contribution in [0.2, 0.25) is 0 Å². The van der Waals surface area contributed by atoms with Crippen LogP contribution in [-0.2, 0) is 6.54 Å². The lowest BCUT2D eigenvalue weighted by Crippen LogP contribution is -2.26. The van der Waals surface area contributed by atoms with E-state index in [4.69, 9.17) is 0 Å². The van der Waals surface area contributed by atoms with Crippen molar-refractivity contribution in [3.8, 4) is 0 Å². The molecule has 23 heavy (non-hydrogen) atoms. The highest BCUT2D eigenvalue weighted by molar-refractivity contribution is 7.98. The van der Waals surface area contributed by atoms with Crippen LogP contribution in [-0.4, -0.2) is 29.1 Å². The molecule has 0 fully saturated rings. The summed E-state index contributed by atoms with van der Waals surface area (Å²) in [5.74, 6) is 0.0395. The van der Waals surface area contributed by atoms with Crippen LogP contribution in [0.5, 0.6) is 0 Å². The average Bonchev–Trinajstić information content (AvgIpc) is 2.96. The second-order valence-electron chi connectivity index (χ2n) is 5.42. The number of rotatable bonds is 4. The van der Waals surface area contributed by atoms with Gasteiger partial charge in [-0.05, 0) is 43.0 Å². The van der Waals surface area contributed by atoms with Crippen LogP contribution < -0.4 is 0 Å². The molecule has 0 aliphatic heterocycles. The molecule has 1 heterocycles. The van der Waals surface area contributed by atoms with Crippen molar-refractivity contribution >= 4 is 39.2 Å². The fraction of sp³-hybridized carbons (Fsp3) is 0.222. The monoisotopic (exact) mass is 342 g/mol. The van der Waals surface area contributed by atoms with Crippen LogP contribution in [0.4, 0.5) is 0 Å². The van der Waals surface area contributed by atoms with Gasteiger partial charge in [0.1, 0.15) is 5.01 Å². The Labute approximate surface area is 144 Å². The van der Waals surface area contributed by atoms with Gasteiger partial charge in [-0.25, -0.2) is 4.98 Å². The van der Waals surface area contributed by atoms with E-state index in [2.05, 4.69) is 11.1 Å². The average molecular weight is 342 g/mol. The van der Waals surface area contributed by atoms with Crippen molar-refractivity contribution in [1.82, 2.24) is 9.88 Å². The summed E-state index contributed by atoms with van der Waals surface area (Å²) in [5, 5.41) is 0.959. The van der Waals surface area contributed by atoms with Gasteiger partial charge >= 0.3 is 0 Å². The third-order valence-corrected chi connectivity index (χ3v) is 5.48. The van der Waals surface area contributed by atoms with E-state index in [9.17, 15) is 4.79 Å². The van der Waals surface area contributed by atoms with Crippen molar-refractivity contribution < 1.29 is 4.79 Å². The summed E-state index contributed by atoms with van der Waals surface area (Å²) in [6, 6.07) is 14.1. The number of aromatic nitrogens is 1. The number of benzene rings is 2. The molecule has 0 spiro atoms. The molecular formula is C18H18N2OS2. The largest absolute Gasteiger partial charge is 0.335 e. The fourth-order valence-electron chi connectivity index (χ4n) is 2.43. The first-order chi connectivity index (χ1) is 11.1. The molecule has 1 amide bonds. The Bertz CT molecular complexity index is 824. The summed E-state index contributed by atoms with van der Waals surface area (Å²) in [4.78, 5) is 20.2. The van der Waals surface area contributed by atoms with Gasteiger partial charge < -0.3 is 4.90 Å². The number of nitrogens with zero attached hydrogens (tertiary/aromatic N) is 2. The van der Waals surface area contributed by atoms with Crippen molar-refractivity contribution in [2.45, 2.75) is 18.4 Å². The highest BCUT2D eigenvalue weighted by atomic mass is 32.2. The van der Waals surface area contributed by atoms with E-state index in [1.165, 1.54) is 0 Å². The molecular weight excluding hydrogens is 324 g/mol. The van der Waals surface area contributed by atoms with Crippen LogP contribution >= 0.6 is 23.1 Å². The first-order valence-corrected chi connectivity index (χ1v) is 9.37. The molecule has 2 aromatic carbocycles. The number of para-hydroxylation sites is 1. The number of hydrogen-bond acceptors (Lipinski definition) is 4. The van der Waals surface area contributed by atoms with Gasteiger partial charge in [-0.2, -0.15) is 0 Å². The predicted molar refractivity (Wildman–Crippen MR) is 98.4 cm³/mol. The SMILES string of the molecule is CSc1ccc(C)c(C(=O)N(C)Cc2nc3ccccc3s2)c1. The maximum Gasteiger partial charge on any atom is 0.254 e. The van der Waals surface area contributed by atoms with Gasteiger partial charge in [-0.15, -0.1) is 23.1 Å². The van der Waals surface area contributed by atoms with Crippen LogP contribution in [0.3, 0.4) is 0 Å². The van der Waals surface area contributed by atoms with E-state index in [1.807, 2.05) is 56.6 Å². The van der Waals surface area contributed by atoms with Gasteiger partial charge in [0.25, 0.3) is 5.91 Å². The Morgan fingerprint density at radius 1 is 1.26 bits per heavy atom. The molecule has 0 aliphatic carbocycles. The van der Waals surface area contributed by atoms with Crippen molar-refractivity contribution in [2.75, 3.05) is 13.3 Å². The van der Waals surface area contributed by atoms with Gasteiger partial charge in [-0.3, -0.25) is 4.79 Å². The zero-order valence-corrected chi connectivity index (χ0v) is 15.0. The number of aryl methyl sites for hydroxylation is 1. The molecule has 0 unspecified atom stereocenters. The fourth-order valence-corrected chi connectivity index (χ4v) is 3.89. The number of thioether (sulfide) groups is 1. The molecule has 0 atom stereocenters. The van der Waals surface area contributed by atoms with E-state index in [0.29, 0.717) is 6.54 Å². The zero-order valence-electron chi connectivity index (χ0n) is 13.4. The minimum atomic E-state index is 0.0395. The van der Waals surface area contributed by atoms with Crippen molar-refractivity contribution in [1.29, 1.82) is 0 Å². The van der Waals surface area contributed by atoms with E-state index >= 15 is 0 Å². The number of amides is 1. The molecule has 0 aliphatic rings. The Kier molecular flexibility index (Phi) is 4.68. The van der Waals surface area contributed by atoms with E-state index in [0.717, 1.165) is 31.2 Å². The molecule has 3 aromatic rings. The molecule has 118 valence electrons. The minimum Gasteiger partial charge on any atom is -0.335 e. The molecule has 5 heteroatoms. The summed E-state index contributed by atoms with van der Waals surface area (Å²) in [6.45, 7) is 2.50. The summed E-state index contributed by atoms with van der Waals surface area (Å²) in [6.07, 6.45) is 2.02. The quantitative estimate of drug-likeness (QED) is 0.650.